The van der Waals surface area contributed by atoms with Crippen molar-refractivity contribution in [2.75, 3.05) is 37.7 Å². The highest BCUT2D eigenvalue weighted by Gasteiger charge is 2.25. The summed E-state index contributed by atoms with van der Waals surface area (Å²) < 4.78 is 11.1. The van der Waals surface area contributed by atoms with Crippen molar-refractivity contribution in [3.05, 3.63) is 34.7 Å². The fourth-order valence-electron chi connectivity index (χ4n) is 3.32. The fourth-order valence-corrected chi connectivity index (χ4v) is 4.16. The molecule has 1 amide bonds. The Bertz CT molecular complexity index is 734. The van der Waals surface area contributed by atoms with Crippen molar-refractivity contribution in [1.29, 1.82) is 0 Å². The Morgan fingerprint density at radius 3 is 3.16 bits per heavy atom. The summed E-state index contributed by atoms with van der Waals surface area (Å²) in [6.07, 6.45) is 4.05. The van der Waals surface area contributed by atoms with Gasteiger partial charge in [0.2, 0.25) is 0 Å². The lowest BCUT2D eigenvalue weighted by atomic mass is 9.98. The summed E-state index contributed by atoms with van der Waals surface area (Å²) >= 11 is 1.37. The average molecular weight is 359 g/mol. The minimum atomic E-state index is -0.0771. The molecule has 2 aromatic rings. The number of thiophene rings is 1. The van der Waals surface area contributed by atoms with Gasteiger partial charge in [-0.3, -0.25) is 4.79 Å². The minimum absolute atomic E-state index is 0.0771. The third-order valence-electron chi connectivity index (χ3n) is 4.55. The van der Waals surface area contributed by atoms with Crippen LogP contribution in [0, 0.1) is 5.92 Å². The van der Waals surface area contributed by atoms with Crippen LogP contribution in [-0.4, -0.2) is 43.7 Å². The molecule has 2 aliphatic heterocycles. The molecule has 2 aliphatic rings. The number of carbonyl (C=O) groups excluding carboxylic acids is 1. The van der Waals surface area contributed by atoms with Crippen molar-refractivity contribution in [3.8, 4) is 11.5 Å². The summed E-state index contributed by atoms with van der Waals surface area (Å²) in [6, 6.07) is 5.98. The number of aromatic nitrogens is 1. The van der Waals surface area contributed by atoms with Crippen LogP contribution in [0.25, 0.3) is 0 Å². The van der Waals surface area contributed by atoms with E-state index in [9.17, 15) is 4.79 Å². The predicted octanol–water partition coefficient (Wildman–Crippen LogP) is 2.56. The van der Waals surface area contributed by atoms with Crippen LogP contribution in [0.2, 0.25) is 0 Å². The molecule has 132 valence electrons. The second kappa shape index (κ2) is 7.31. The number of fused-ring (bicyclic) bond motifs is 1. The van der Waals surface area contributed by atoms with Crippen molar-refractivity contribution < 1.29 is 14.3 Å². The Kier molecular flexibility index (Phi) is 4.74. The largest absolute Gasteiger partial charge is 0.485 e. The lowest BCUT2D eigenvalue weighted by molar-refractivity contribution is 0.0940. The second-order valence-electron chi connectivity index (χ2n) is 6.31. The number of rotatable bonds is 4. The van der Waals surface area contributed by atoms with Crippen molar-refractivity contribution in [2.45, 2.75) is 12.8 Å². The van der Waals surface area contributed by atoms with E-state index in [1.165, 1.54) is 11.3 Å². The number of anilines is 1. The molecule has 0 aromatic carbocycles. The topological polar surface area (TPSA) is 63.7 Å². The van der Waals surface area contributed by atoms with E-state index in [0.717, 1.165) is 31.7 Å². The normalized spacial score (nSPS) is 19.5. The first kappa shape index (κ1) is 16.2. The van der Waals surface area contributed by atoms with E-state index in [1.807, 2.05) is 29.8 Å². The van der Waals surface area contributed by atoms with Crippen LogP contribution >= 0.6 is 11.3 Å². The lowest BCUT2D eigenvalue weighted by Crippen LogP contribution is -2.41. The van der Waals surface area contributed by atoms with E-state index >= 15 is 0 Å². The molecule has 4 rings (SSSR count). The van der Waals surface area contributed by atoms with Crippen LogP contribution in [0.15, 0.2) is 29.8 Å². The molecular formula is C18H21N3O3S. The maximum absolute atomic E-state index is 12.5. The number of ether oxygens (including phenoxy) is 2. The number of nitrogens with one attached hydrogen (secondary N) is 1. The van der Waals surface area contributed by atoms with Gasteiger partial charge in [0.15, 0.2) is 11.5 Å². The van der Waals surface area contributed by atoms with E-state index in [2.05, 4.69) is 15.2 Å². The lowest BCUT2D eigenvalue weighted by Gasteiger charge is -2.33. The highest BCUT2D eigenvalue weighted by Crippen LogP contribution is 2.39. The molecular weight excluding hydrogens is 338 g/mol. The maximum atomic E-state index is 12.5. The van der Waals surface area contributed by atoms with E-state index in [4.69, 9.17) is 9.47 Å². The van der Waals surface area contributed by atoms with E-state index in [-0.39, 0.29) is 5.91 Å². The number of hydrogen-bond donors (Lipinski definition) is 1. The average Bonchev–Trinajstić information content (AvgIpc) is 3.11. The van der Waals surface area contributed by atoms with Gasteiger partial charge in [-0.2, -0.15) is 0 Å². The molecule has 0 spiro atoms. The van der Waals surface area contributed by atoms with Crippen molar-refractivity contribution in [1.82, 2.24) is 10.3 Å². The Labute approximate surface area is 150 Å². The van der Waals surface area contributed by atoms with E-state index in [0.29, 0.717) is 42.1 Å². The highest BCUT2D eigenvalue weighted by molar-refractivity contribution is 7.12. The Balaban J connectivity index is 1.35. The number of amides is 1. The van der Waals surface area contributed by atoms with Crippen molar-refractivity contribution in [2.24, 2.45) is 5.92 Å². The van der Waals surface area contributed by atoms with Gasteiger partial charge in [-0.05, 0) is 30.9 Å². The Morgan fingerprint density at radius 2 is 2.28 bits per heavy atom. The number of pyridine rings is 1. The summed E-state index contributed by atoms with van der Waals surface area (Å²) in [4.78, 5) is 19.8. The molecule has 0 aliphatic carbocycles. The summed E-state index contributed by atoms with van der Waals surface area (Å²) in [5.41, 5.74) is 0. The Morgan fingerprint density at radius 1 is 1.36 bits per heavy atom. The van der Waals surface area contributed by atoms with Gasteiger partial charge >= 0.3 is 0 Å². The van der Waals surface area contributed by atoms with Crippen LogP contribution in [0.3, 0.4) is 0 Å². The summed E-state index contributed by atoms with van der Waals surface area (Å²) in [7, 11) is 0. The molecule has 4 heterocycles. The molecule has 1 fully saturated rings. The molecule has 1 saturated heterocycles. The van der Waals surface area contributed by atoms with Crippen LogP contribution in [-0.2, 0) is 0 Å². The molecule has 0 saturated carbocycles. The SMILES string of the molecule is O=C(NCC1CCCN(c2ccccn2)C1)c1scc2c1OCCO2. The third kappa shape index (κ3) is 3.56. The van der Waals surface area contributed by atoms with Gasteiger partial charge in [0, 0.05) is 31.2 Å². The molecule has 7 heteroatoms. The molecule has 0 bridgehead atoms. The molecule has 1 atom stereocenters. The zero-order valence-electron chi connectivity index (χ0n) is 13.9. The first-order chi connectivity index (χ1) is 12.3. The summed E-state index contributed by atoms with van der Waals surface area (Å²) in [6.45, 7) is 3.63. The predicted molar refractivity (Wildman–Crippen MR) is 96.8 cm³/mol. The van der Waals surface area contributed by atoms with Gasteiger partial charge in [0.05, 0.1) is 0 Å². The smallest absolute Gasteiger partial charge is 0.265 e. The molecule has 1 unspecified atom stereocenters. The van der Waals surface area contributed by atoms with Gasteiger partial charge in [0.1, 0.15) is 23.9 Å². The van der Waals surface area contributed by atoms with Crippen LogP contribution < -0.4 is 19.7 Å². The maximum Gasteiger partial charge on any atom is 0.265 e. The number of piperidine rings is 1. The minimum Gasteiger partial charge on any atom is -0.485 e. The van der Waals surface area contributed by atoms with Gasteiger partial charge in [-0.15, -0.1) is 11.3 Å². The first-order valence-corrected chi connectivity index (χ1v) is 9.50. The second-order valence-corrected chi connectivity index (χ2v) is 7.19. The first-order valence-electron chi connectivity index (χ1n) is 8.62. The van der Waals surface area contributed by atoms with Crippen LogP contribution in [0.4, 0.5) is 5.82 Å². The zero-order valence-corrected chi connectivity index (χ0v) is 14.8. The summed E-state index contributed by atoms with van der Waals surface area (Å²) in [5.74, 6) is 2.63. The van der Waals surface area contributed by atoms with E-state index < -0.39 is 0 Å². The van der Waals surface area contributed by atoms with Crippen LogP contribution in [0.5, 0.6) is 11.5 Å². The molecule has 6 nitrogen and oxygen atoms in total. The van der Waals surface area contributed by atoms with Gasteiger partial charge in [-0.1, -0.05) is 6.07 Å². The monoisotopic (exact) mass is 359 g/mol. The number of nitrogens with zero attached hydrogens (tertiary/aromatic N) is 2. The molecule has 0 radical (unpaired) electrons. The zero-order chi connectivity index (χ0) is 17.1. The molecule has 25 heavy (non-hydrogen) atoms. The van der Waals surface area contributed by atoms with Gasteiger partial charge < -0.3 is 19.7 Å². The quantitative estimate of drug-likeness (QED) is 0.909. The van der Waals surface area contributed by atoms with Crippen LogP contribution in [0.1, 0.15) is 22.5 Å². The standard InChI is InChI=1S/C18H21N3O3S/c22-18(17-16-14(12-25-17)23-8-9-24-16)20-10-13-4-3-7-21(11-13)15-5-1-2-6-19-15/h1-2,5-6,12-13H,3-4,7-11H2,(H,20,22). The Hall–Kier alpha value is -2.28. The highest BCUT2D eigenvalue weighted by atomic mass is 32.1. The number of hydrogen-bond acceptors (Lipinski definition) is 6. The van der Waals surface area contributed by atoms with Gasteiger partial charge in [-0.25, -0.2) is 4.98 Å². The summed E-state index contributed by atoms with van der Waals surface area (Å²) in [5, 5.41) is 4.91. The van der Waals surface area contributed by atoms with Crippen molar-refractivity contribution >= 4 is 23.1 Å². The van der Waals surface area contributed by atoms with E-state index in [1.54, 1.807) is 0 Å². The van der Waals surface area contributed by atoms with Crippen molar-refractivity contribution in [3.63, 3.8) is 0 Å². The molecule has 1 N–H and O–H groups in total. The third-order valence-corrected chi connectivity index (χ3v) is 5.49. The molecule has 2 aromatic heterocycles. The number of carbonyl (C=O) groups is 1. The fraction of sp³-hybridized carbons (Fsp3) is 0.444. The van der Waals surface area contributed by atoms with Gasteiger partial charge in [0.25, 0.3) is 5.91 Å².